The molecule has 0 radical (unpaired) electrons. The SMILES string of the molecule is CN1CCC(Nc2cc(N)nc(C(C)(C)C)n2)C1. The predicted octanol–water partition coefficient (Wildman–Crippen LogP) is 1.47. The number of aromatic nitrogens is 2. The molecule has 1 aromatic rings. The summed E-state index contributed by atoms with van der Waals surface area (Å²) in [5, 5.41) is 3.45. The molecule has 0 aromatic carbocycles. The van der Waals surface area contributed by atoms with E-state index in [1.54, 1.807) is 0 Å². The lowest BCUT2D eigenvalue weighted by molar-refractivity contribution is 0.414. The van der Waals surface area contributed by atoms with Crippen LogP contribution in [-0.2, 0) is 5.41 Å². The second-order valence-electron chi connectivity index (χ2n) is 6.14. The second-order valence-corrected chi connectivity index (χ2v) is 6.14. The van der Waals surface area contributed by atoms with E-state index in [-0.39, 0.29) is 5.41 Å². The zero-order chi connectivity index (χ0) is 13.3. The number of likely N-dealkylation sites (N-methyl/N-ethyl adjacent to an activating group) is 1. The van der Waals surface area contributed by atoms with Gasteiger partial charge in [0.2, 0.25) is 0 Å². The van der Waals surface area contributed by atoms with Gasteiger partial charge in [-0.3, -0.25) is 0 Å². The average molecular weight is 249 g/mol. The third kappa shape index (κ3) is 3.10. The molecule has 0 bridgehead atoms. The van der Waals surface area contributed by atoms with Crippen molar-refractivity contribution in [2.24, 2.45) is 0 Å². The highest BCUT2D eigenvalue weighted by Crippen LogP contribution is 2.22. The second kappa shape index (κ2) is 4.72. The van der Waals surface area contributed by atoms with Crippen molar-refractivity contribution in [2.75, 3.05) is 31.2 Å². The topological polar surface area (TPSA) is 67.1 Å². The van der Waals surface area contributed by atoms with Crippen LogP contribution in [0.5, 0.6) is 0 Å². The van der Waals surface area contributed by atoms with Crippen molar-refractivity contribution in [2.45, 2.75) is 38.6 Å². The van der Waals surface area contributed by atoms with Crippen LogP contribution in [0, 0.1) is 0 Å². The highest BCUT2D eigenvalue weighted by atomic mass is 15.2. The Morgan fingerprint density at radius 3 is 2.67 bits per heavy atom. The van der Waals surface area contributed by atoms with E-state index in [9.17, 15) is 0 Å². The molecule has 1 fully saturated rings. The Balaban J connectivity index is 2.15. The molecule has 1 aromatic heterocycles. The van der Waals surface area contributed by atoms with Gasteiger partial charge in [0.15, 0.2) is 0 Å². The van der Waals surface area contributed by atoms with Gasteiger partial charge in [0.05, 0.1) is 0 Å². The molecule has 18 heavy (non-hydrogen) atoms. The number of nitrogens with one attached hydrogen (secondary N) is 1. The van der Waals surface area contributed by atoms with E-state index in [2.05, 4.69) is 48.0 Å². The molecule has 2 heterocycles. The summed E-state index contributed by atoms with van der Waals surface area (Å²) < 4.78 is 0. The molecule has 1 aliphatic rings. The lowest BCUT2D eigenvalue weighted by Gasteiger charge is -2.19. The molecule has 1 aliphatic heterocycles. The van der Waals surface area contributed by atoms with E-state index in [0.717, 1.165) is 31.2 Å². The van der Waals surface area contributed by atoms with Crippen LogP contribution in [0.2, 0.25) is 0 Å². The van der Waals surface area contributed by atoms with Crippen molar-refractivity contribution in [3.63, 3.8) is 0 Å². The van der Waals surface area contributed by atoms with E-state index in [1.165, 1.54) is 0 Å². The van der Waals surface area contributed by atoms with Crippen LogP contribution in [0.15, 0.2) is 6.07 Å². The molecule has 0 aliphatic carbocycles. The highest BCUT2D eigenvalue weighted by Gasteiger charge is 2.22. The lowest BCUT2D eigenvalue weighted by Crippen LogP contribution is -2.25. The summed E-state index contributed by atoms with van der Waals surface area (Å²) in [4.78, 5) is 11.2. The first-order chi connectivity index (χ1) is 8.34. The molecule has 1 unspecified atom stereocenters. The van der Waals surface area contributed by atoms with Crippen LogP contribution in [0.3, 0.4) is 0 Å². The summed E-state index contributed by atoms with van der Waals surface area (Å²) >= 11 is 0. The highest BCUT2D eigenvalue weighted by molar-refractivity contribution is 5.46. The van der Waals surface area contributed by atoms with E-state index in [4.69, 9.17) is 5.73 Å². The Kier molecular flexibility index (Phi) is 3.43. The summed E-state index contributed by atoms with van der Waals surface area (Å²) in [7, 11) is 2.14. The van der Waals surface area contributed by atoms with Crippen molar-refractivity contribution in [3.05, 3.63) is 11.9 Å². The van der Waals surface area contributed by atoms with Crippen LogP contribution in [0.1, 0.15) is 33.0 Å². The van der Waals surface area contributed by atoms with Crippen molar-refractivity contribution in [3.8, 4) is 0 Å². The maximum atomic E-state index is 5.86. The molecule has 0 spiro atoms. The number of nitrogen functional groups attached to an aromatic ring is 1. The van der Waals surface area contributed by atoms with Gasteiger partial charge >= 0.3 is 0 Å². The van der Waals surface area contributed by atoms with E-state index < -0.39 is 0 Å². The van der Waals surface area contributed by atoms with Crippen molar-refractivity contribution >= 4 is 11.6 Å². The third-order valence-corrected chi connectivity index (χ3v) is 3.16. The minimum Gasteiger partial charge on any atom is -0.384 e. The monoisotopic (exact) mass is 249 g/mol. The molecular weight excluding hydrogens is 226 g/mol. The summed E-state index contributed by atoms with van der Waals surface area (Å²) in [6, 6.07) is 2.27. The molecule has 0 amide bonds. The minimum atomic E-state index is -0.0850. The quantitative estimate of drug-likeness (QED) is 0.831. The summed E-state index contributed by atoms with van der Waals surface area (Å²) in [5.41, 5.74) is 5.77. The average Bonchev–Trinajstić information content (AvgIpc) is 2.61. The van der Waals surface area contributed by atoms with Gasteiger partial charge in [-0.2, -0.15) is 0 Å². The number of hydrogen-bond acceptors (Lipinski definition) is 5. The molecule has 100 valence electrons. The van der Waals surface area contributed by atoms with Crippen LogP contribution >= 0.6 is 0 Å². The molecule has 5 nitrogen and oxygen atoms in total. The fraction of sp³-hybridized carbons (Fsp3) is 0.692. The number of anilines is 2. The Labute approximate surface area is 109 Å². The standard InChI is InChI=1S/C13H23N5/c1-13(2,3)12-16-10(14)7-11(17-12)15-9-5-6-18(4)8-9/h7,9H,5-6,8H2,1-4H3,(H3,14,15,16,17). The lowest BCUT2D eigenvalue weighted by atomic mass is 9.96. The first-order valence-electron chi connectivity index (χ1n) is 6.45. The van der Waals surface area contributed by atoms with Gasteiger partial charge in [-0.1, -0.05) is 20.8 Å². The zero-order valence-corrected chi connectivity index (χ0v) is 11.7. The van der Waals surface area contributed by atoms with Crippen LogP contribution in [0.4, 0.5) is 11.6 Å². The van der Waals surface area contributed by atoms with Crippen molar-refractivity contribution in [1.29, 1.82) is 0 Å². The molecular formula is C13H23N5. The van der Waals surface area contributed by atoms with Crippen LogP contribution in [-0.4, -0.2) is 41.0 Å². The Bertz CT molecular complexity index is 424. The number of likely N-dealkylation sites (tertiary alicyclic amines) is 1. The molecule has 1 saturated heterocycles. The van der Waals surface area contributed by atoms with Crippen LogP contribution in [0.25, 0.3) is 0 Å². The predicted molar refractivity (Wildman–Crippen MR) is 74.7 cm³/mol. The summed E-state index contributed by atoms with van der Waals surface area (Å²) in [6.07, 6.45) is 1.14. The van der Waals surface area contributed by atoms with Gasteiger partial charge in [0.25, 0.3) is 0 Å². The van der Waals surface area contributed by atoms with Gasteiger partial charge in [-0.25, -0.2) is 9.97 Å². The Morgan fingerprint density at radius 1 is 1.39 bits per heavy atom. The van der Waals surface area contributed by atoms with E-state index in [0.29, 0.717) is 11.9 Å². The number of nitrogens with two attached hydrogens (primary N) is 1. The maximum absolute atomic E-state index is 5.86. The minimum absolute atomic E-state index is 0.0850. The fourth-order valence-corrected chi connectivity index (χ4v) is 2.14. The van der Waals surface area contributed by atoms with E-state index >= 15 is 0 Å². The van der Waals surface area contributed by atoms with Gasteiger partial charge < -0.3 is 16.0 Å². The summed E-state index contributed by atoms with van der Waals surface area (Å²) in [6.45, 7) is 8.46. The molecule has 2 rings (SSSR count). The third-order valence-electron chi connectivity index (χ3n) is 3.16. The Hall–Kier alpha value is -1.36. The number of nitrogens with zero attached hydrogens (tertiary/aromatic N) is 3. The molecule has 5 heteroatoms. The maximum Gasteiger partial charge on any atom is 0.138 e. The molecule has 0 saturated carbocycles. The van der Waals surface area contributed by atoms with Crippen molar-refractivity contribution < 1.29 is 0 Å². The zero-order valence-electron chi connectivity index (χ0n) is 11.7. The Morgan fingerprint density at radius 2 is 2.11 bits per heavy atom. The number of hydrogen-bond donors (Lipinski definition) is 2. The summed E-state index contributed by atoms with van der Waals surface area (Å²) in [5.74, 6) is 2.16. The largest absolute Gasteiger partial charge is 0.384 e. The first-order valence-corrected chi connectivity index (χ1v) is 6.45. The first kappa shape index (κ1) is 13.1. The molecule has 1 atom stereocenters. The normalized spacial score (nSPS) is 21.2. The van der Waals surface area contributed by atoms with Gasteiger partial charge in [-0.05, 0) is 20.0 Å². The smallest absolute Gasteiger partial charge is 0.138 e. The van der Waals surface area contributed by atoms with Gasteiger partial charge in [0.1, 0.15) is 17.5 Å². The van der Waals surface area contributed by atoms with Gasteiger partial charge in [-0.15, -0.1) is 0 Å². The van der Waals surface area contributed by atoms with Gasteiger partial charge in [0, 0.05) is 24.1 Å². The van der Waals surface area contributed by atoms with Crippen LogP contribution < -0.4 is 11.1 Å². The van der Waals surface area contributed by atoms with E-state index in [1.807, 2.05) is 6.07 Å². The fourth-order valence-electron chi connectivity index (χ4n) is 2.14. The van der Waals surface area contributed by atoms with Crippen molar-refractivity contribution in [1.82, 2.24) is 14.9 Å². The molecule has 3 N–H and O–H groups in total. The number of rotatable bonds is 2.